The predicted octanol–water partition coefficient (Wildman–Crippen LogP) is 33.9. The molecule has 4 aliphatic carbocycles. The average molecular weight is 1460 g/mol. The van der Waals surface area contributed by atoms with Crippen LogP contribution in [-0.4, -0.2) is 78.9 Å². The van der Waals surface area contributed by atoms with Crippen LogP contribution in [-0.2, 0) is 14.2 Å². The molecule has 5 heterocycles. The van der Waals surface area contributed by atoms with Crippen molar-refractivity contribution in [1.29, 1.82) is 0 Å². The van der Waals surface area contributed by atoms with Crippen molar-refractivity contribution in [2.24, 2.45) is 59.2 Å². The molecule has 0 amide bonds. The van der Waals surface area contributed by atoms with Gasteiger partial charge in [0.15, 0.2) is 0 Å². The summed E-state index contributed by atoms with van der Waals surface area (Å²) in [6.45, 7) is 105. The molecule has 0 aromatic rings. The lowest BCUT2D eigenvalue weighted by molar-refractivity contribution is 0.0968. The van der Waals surface area contributed by atoms with E-state index in [0.29, 0.717) is 0 Å². The standard InChI is InChI=1S/2C6H12.2C5H11N.C5H10O.2C5H10.C4H9NO.C4H8O.8C4H10.9C2H6/c1-5(2)6-3-4-6;4*1-2-4-6-5-3-1;2*1-2-4-5-3-1;1-3-6-4-2-5-1;1-2-4-5-3-1;8*1-4(2)3;9*1-2/h5-6H,3-4H2,1-2H3;1-6H2;2*6H,1-5H2;1-5H2;2*1-5H2;5H,1-4H2;1-4H2;8*4H,1-3H3;9*1-2H3. The van der Waals surface area contributed by atoms with Crippen LogP contribution in [0.15, 0.2) is 0 Å². The summed E-state index contributed by atoms with van der Waals surface area (Å²) >= 11 is 0. The fraction of sp³-hybridized carbons (Fsp3) is 1.00. The van der Waals surface area contributed by atoms with Crippen LogP contribution in [0.25, 0.3) is 0 Å². The van der Waals surface area contributed by atoms with E-state index in [4.69, 9.17) is 14.2 Å². The Morgan fingerprint density at radius 1 is 0.168 bits per heavy atom. The number of rotatable bonds is 1. The minimum Gasteiger partial charge on any atom is -0.381 e. The number of piperidine rings is 2. The van der Waals surface area contributed by atoms with Crippen molar-refractivity contribution in [2.45, 2.75) is 491 Å². The van der Waals surface area contributed by atoms with Gasteiger partial charge in [-0.15, -0.1) is 0 Å². The lowest BCUT2D eigenvalue weighted by Gasteiger charge is -2.10. The van der Waals surface area contributed by atoms with Crippen LogP contribution in [0.3, 0.4) is 0 Å². The number of hydrogen-bond donors (Lipinski definition) is 3. The van der Waals surface area contributed by atoms with Gasteiger partial charge < -0.3 is 30.2 Å². The van der Waals surface area contributed by atoms with Gasteiger partial charge in [0.05, 0.1) is 13.2 Å². The molecule has 9 fully saturated rings. The third kappa shape index (κ3) is 356. The lowest BCUT2D eigenvalue weighted by atomic mass is 10.0. The number of morpholine rings is 1. The van der Waals surface area contributed by atoms with E-state index in [-0.39, 0.29) is 0 Å². The first-order valence-electron chi connectivity index (χ1n) is 46.0. The molecule has 640 valence electrons. The summed E-state index contributed by atoms with van der Waals surface area (Å²) in [5.41, 5.74) is 0. The highest BCUT2D eigenvalue weighted by Gasteiger charge is 2.24. The molecule has 6 nitrogen and oxygen atoms in total. The van der Waals surface area contributed by atoms with Gasteiger partial charge in [-0.3, -0.25) is 0 Å². The van der Waals surface area contributed by atoms with Crippen molar-refractivity contribution < 1.29 is 14.2 Å². The molecule has 0 aromatic heterocycles. The van der Waals surface area contributed by atoms with Crippen LogP contribution in [0.1, 0.15) is 491 Å². The Hall–Kier alpha value is -0.240. The molecule has 4 saturated carbocycles. The molecule has 0 unspecified atom stereocenters. The monoisotopic (exact) mass is 1460 g/mol. The van der Waals surface area contributed by atoms with Crippen LogP contribution < -0.4 is 16.0 Å². The van der Waals surface area contributed by atoms with Gasteiger partial charge >= 0.3 is 0 Å². The largest absolute Gasteiger partial charge is 0.381 e. The van der Waals surface area contributed by atoms with Gasteiger partial charge in [0.25, 0.3) is 0 Å². The molecule has 101 heavy (non-hydrogen) atoms. The third-order valence-electron chi connectivity index (χ3n) is 10.7. The van der Waals surface area contributed by atoms with Crippen LogP contribution in [0, 0.1) is 59.2 Å². The van der Waals surface area contributed by atoms with Gasteiger partial charge in [-0.05, 0) is 156 Å². The molecule has 0 atom stereocenters. The highest BCUT2D eigenvalue weighted by molar-refractivity contribution is 4.75. The van der Waals surface area contributed by atoms with Gasteiger partial charge in [-0.25, -0.2) is 0 Å². The zero-order valence-corrected chi connectivity index (χ0v) is 81.5. The maximum Gasteiger partial charge on any atom is 0.0591 e. The molecule has 9 aliphatic rings. The minimum atomic E-state index is 0.833. The molecule has 0 aromatic carbocycles. The fourth-order valence-corrected chi connectivity index (χ4v) is 6.91. The van der Waals surface area contributed by atoms with E-state index in [0.717, 1.165) is 112 Å². The SMILES string of the molecule is C1CCCC1.C1CCCC1.C1CCCCC1.C1CCNCC1.C1CCNCC1.C1CCOC1.C1CCOCC1.C1COCCN1.CC.CC.CC.CC.CC.CC.CC.CC.CC.CC(C)C.CC(C)C.CC(C)C.CC(C)C.CC(C)C.CC(C)C.CC(C)C.CC(C)C.CC(C)C1CC1. The first-order valence-corrected chi connectivity index (χ1v) is 46.0. The molecule has 6 heteroatoms. The Morgan fingerprint density at radius 2 is 0.287 bits per heavy atom. The van der Waals surface area contributed by atoms with Crippen LogP contribution in [0.2, 0.25) is 0 Å². The number of nitrogens with one attached hydrogen (secondary N) is 3. The van der Waals surface area contributed by atoms with E-state index in [2.05, 4.69) is 196 Å². The lowest BCUT2D eigenvalue weighted by Crippen LogP contribution is -2.30. The zero-order chi connectivity index (χ0) is 83.0. The molecule has 0 radical (unpaired) electrons. The molecular weight excluding hydrogens is 1230 g/mol. The number of hydrogen-bond acceptors (Lipinski definition) is 6. The van der Waals surface area contributed by atoms with Crippen molar-refractivity contribution in [3.8, 4) is 0 Å². The highest BCUT2D eigenvalue weighted by Crippen LogP contribution is 2.35. The van der Waals surface area contributed by atoms with Gasteiger partial charge in [0, 0.05) is 39.5 Å². The molecule has 5 saturated heterocycles. The van der Waals surface area contributed by atoms with E-state index in [9.17, 15) is 0 Å². The van der Waals surface area contributed by atoms with E-state index >= 15 is 0 Å². The van der Waals surface area contributed by atoms with Crippen molar-refractivity contribution in [3.63, 3.8) is 0 Å². The molecule has 9 rings (SSSR count). The van der Waals surface area contributed by atoms with Gasteiger partial charge in [-0.1, -0.05) is 420 Å². The summed E-state index contributed by atoms with van der Waals surface area (Å²) in [6, 6.07) is 0. The molecule has 0 bridgehead atoms. The minimum absolute atomic E-state index is 0.833. The second-order valence-electron chi connectivity index (χ2n) is 30.1. The number of ether oxygens (including phenoxy) is 3. The summed E-state index contributed by atoms with van der Waals surface area (Å²) in [6.07, 6.45) is 41.9. The summed E-state index contributed by atoms with van der Waals surface area (Å²) < 4.78 is 15.0. The Labute approximate surface area is 655 Å². The van der Waals surface area contributed by atoms with Crippen molar-refractivity contribution in [2.75, 3.05) is 78.9 Å². The molecule has 5 aliphatic heterocycles. The van der Waals surface area contributed by atoms with Gasteiger partial charge in [0.1, 0.15) is 0 Å². The summed E-state index contributed by atoms with van der Waals surface area (Å²) in [5, 5.41) is 9.73. The Morgan fingerprint density at radius 3 is 0.337 bits per heavy atom. The summed E-state index contributed by atoms with van der Waals surface area (Å²) in [4.78, 5) is 0. The quantitative estimate of drug-likeness (QED) is 0.243. The van der Waals surface area contributed by atoms with Crippen LogP contribution in [0.5, 0.6) is 0 Å². The summed E-state index contributed by atoms with van der Waals surface area (Å²) in [5.74, 6) is 8.73. The smallest absolute Gasteiger partial charge is 0.0591 e. The second-order valence-corrected chi connectivity index (χ2v) is 30.1. The van der Waals surface area contributed by atoms with Gasteiger partial charge in [-0.2, -0.15) is 0 Å². The first-order chi connectivity index (χ1) is 48.2. The molecule has 0 spiro atoms. The van der Waals surface area contributed by atoms with Gasteiger partial charge in [0.2, 0.25) is 0 Å². The maximum atomic E-state index is 5.07. The average Bonchev–Trinajstić information content (AvgIpc) is 1.79. The van der Waals surface area contributed by atoms with Crippen molar-refractivity contribution in [1.82, 2.24) is 16.0 Å². The fourth-order valence-electron chi connectivity index (χ4n) is 6.91. The summed E-state index contributed by atoms with van der Waals surface area (Å²) in [7, 11) is 0. The van der Waals surface area contributed by atoms with E-state index in [1.807, 2.05) is 125 Å². The van der Waals surface area contributed by atoms with E-state index in [1.165, 1.54) is 212 Å². The Kier molecular flexibility index (Phi) is 234. The Balaban J connectivity index is -0.0000000489. The first kappa shape index (κ1) is 143. The topological polar surface area (TPSA) is 63.8 Å². The third-order valence-corrected chi connectivity index (χ3v) is 10.7. The molecular formula is C95H227N3O3. The second kappa shape index (κ2) is 165. The maximum absolute atomic E-state index is 5.07. The van der Waals surface area contributed by atoms with Crippen LogP contribution >= 0.6 is 0 Å². The van der Waals surface area contributed by atoms with Crippen molar-refractivity contribution >= 4 is 0 Å². The van der Waals surface area contributed by atoms with E-state index < -0.39 is 0 Å². The predicted molar refractivity (Wildman–Crippen MR) is 490 cm³/mol. The Bertz CT molecular complexity index is 682. The zero-order valence-electron chi connectivity index (χ0n) is 81.5. The molecule has 3 N–H and O–H groups in total. The highest BCUT2D eigenvalue weighted by atomic mass is 16.5. The van der Waals surface area contributed by atoms with Crippen molar-refractivity contribution in [3.05, 3.63) is 0 Å². The van der Waals surface area contributed by atoms with Crippen LogP contribution in [0.4, 0.5) is 0 Å². The normalized spacial score (nSPS) is 15.4. The van der Waals surface area contributed by atoms with E-state index in [1.54, 1.807) is 0 Å².